The zero-order chi connectivity index (χ0) is 40.0. The van der Waals surface area contributed by atoms with Crippen molar-refractivity contribution in [3.8, 4) is 5.75 Å². The molecule has 0 spiro atoms. The van der Waals surface area contributed by atoms with Crippen LogP contribution < -0.4 is 26.6 Å². The fraction of sp³-hybridized carbons (Fsp3) is 0.148. The number of azo groups is 1. The van der Waals surface area contributed by atoms with E-state index in [1.165, 1.54) is 19.2 Å². The highest BCUT2D eigenvalue weighted by Gasteiger charge is 2.31. The van der Waals surface area contributed by atoms with Gasteiger partial charge in [-0.15, -0.1) is 10.2 Å². The number of carboxylic acid groups (broad SMARTS) is 1. The standard InChI is InChI=1S/C27H27N7O16S4/c1-50-27-31-25(28-17-10-13(51(38,39)40)6-7-15(17)24(36)37)30-26(32-27)29-18-11-14(52(41,42)43)8-12-9-20(54(47,48)49)22(23(35)21(12)18)34-33-16-4-2-3-5-19(16)53(44,45)46/h2-11,25-32,35H,1H3,(H,36,37)(H,38,39,40)(H,41,42,43)(H,44,45,46)(H,47,48,49)/b34-33-. The molecule has 4 aromatic rings. The number of aromatic hydroxyl groups is 1. The van der Waals surface area contributed by atoms with Crippen LogP contribution in [0.3, 0.4) is 0 Å². The Kier molecular flexibility index (Phi) is 11.0. The van der Waals surface area contributed by atoms with Crippen molar-refractivity contribution < 1.29 is 71.6 Å². The Balaban J connectivity index is 1.64. The van der Waals surface area contributed by atoms with Crippen LogP contribution in [0.4, 0.5) is 22.7 Å². The molecule has 1 aliphatic rings. The minimum Gasteiger partial charge on any atom is -0.505 e. The van der Waals surface area contributed by atoms with E-state index in [-0.39, 0.29) is 5.69 Å². The van der Waals surface area contributed by atoms with Crippen LogP contribution >= 0.6 is 0 Å². The third kappa shape index (κ3) is 8.89. The zero-order valence-corrected chi connectivity index (χ0v) is 30.1. The lowest BCUT2D eigenvalue weighted by atomic mass is 10.1. The molecule has 1 aliphatic heterocycles. The minimum absolute atomic E-state index is 0.321. The number of fused-ring (bicyclic) bond motifs is 1. The van der Waals surface area contributed by atoms with Crippen molar-refractivity contribution in [3.63, 3.8) is 0 Å². The molecule has 3 unspecified atom stereocenters. The molecule has 27 heteroatoms. The molecule has 0 radical (unpaired) electrons. The van der Waals surface area contributed by atoms with Gasteiger partial charge in [-0.05, 0) is 53.9 Å². The van der Waals surface area contributed by atoms with Gasteiger partial charge < -0.3 is 25.6 Å². The van der Waals surface area contributed by atoms with Crippen molar-refractivity contribution in [2.45, 2.75) is 38.5 Å². The molecule has 0 aromatic heterocycles. The minimum atomic E-state index is -5.32. The first-order valence-corrected chi connectivity index (χ1v) is 20.2. The summed E-state index contributed by atoms with van der Waals surface area (Å²) >= 11 is 0. The molecule has 0 saturated carbocycles. The lowest BCUT2D eigenvalue weighted by molar-refractivity contribution is -0.00000498. The van der Waals surface area contributed by atoms with E-state index in [2.05, 4.69) is 36.8 Å². The summed E-state index contributed by atoms with van der Waals surface area (Å²) in [6, 6.07) is 9.29. The Bertz CT molecular complexity index is 2660. The van der Waals surface area contributed by atoms with Gasteiger partial charge in [-0.1, -0.05) is 12.1 Å². The summed E-state index contributed by atoms with van der Waals surface area (Å²) < 4.78 is 141. The van der Waals surface area contributed by atoms with Crippen LogP contribution in [-0.2, 0) is 45.2 Å². The number of hydrogen-bond donors (Lipinski definition) is 11. The average Bonchev–Trinajstić information content (AvgIpc) is 3.05. The lowest BCUT2D eigenvalue weighted by Gasteiger charge is -2.39. The van der Waals surface area contributed by atoms with E-state index in [1.807, 2.05) is 0 Å². The third-order valence-corrected chi connectivity index (χ3v) is 10.9. The highest BCUT2D eigenvalue weighted by Crippen LogP contribution is 2.45. The SMILES string of the molecule is COC1NC(Nc2cc(S(=O)(=O)O)ccc2C(=O)O)NC(Nc2cc(S(=O)(=O)O)cc3cc(S(=O)(=O)O)c(/N=N\c4ccccc4S(=O)(=O)O)c(O)c23)N1. The maximum Gasteiger partial charge on any atom is 0.337 e. The van der Waals surface area contributed by atoms with Crippen LogP contribution in [0.25, 0.3) is 10.8 Å². The van der Waals surface area contributed by atoms with E-state index < -0.39 is 124 Å². The van der Waals surface area contributed by atoms with E-state index >= 15 is 0 Å². The van der Waals surface area contributed by atoms with Crippen molar-refractivity contribution in [2.24, 2.45) is 10.2 Å². The molecule has 1 heterocycles. The maximum absolute atomic E-state index is 12.5. The Morgan fingerprint density at radius 2 is 1.28 bits per heavy atom. The van der Waals surface area contributed by atoms with Crippen molar-refractivity contribution in [2.75, 3.05) is 17.7 Å². The topological polar surface area (TPSA) is 369 Å². The number of rotatable bonds is 12. The number of methoxy groups -OCH3 is 1. The van der Waals surface area contributed by atoms with Gasteiger partial charge in [0, 0.05) is 18.2 Å². The number of phenols is 1. The average molecular weight is 834 g/mol. The lowest BCUT2D eigenvalue weighted by Crippen LogP contribution is -2.71. The van der Waals surface area contributed by atoms with Gasteiger partial charge in [-0.25, -0.2) is 15.4 Å². The summed E-state index contributed by atoms with van der Waals surface area (Å²) in [5.41, 5.74) is -2.66. The number of ether oxygens (including phenoxy) is 1. The Hall–Kier alpha value is -4.91. The summed E-state index contributed by atoms with van der Waals surface area (Å²) in [6.45, 7) is 0. The maximum atomic E-state index is 12.5. The molecule has 290 valence electrons. The van der Waals surface area contributed by atoms with Gasteiger partial charge >= 0.3 is 5.97 Å². The fourth-order valence-electron chi connectivity index (χ4n) is 5.09. The number of aromatic carboxylic acids is 1. The molecule has 1 saturated heterocycles. The normalized spacial score (nSPS) is 18.5. The second-order valence-corrected chi connectivity index (χ2v) is 16.6. The van der Waals surface area contributed by atoms with E-state index in [0.717, 1.165) is 42.5 Å². The van der Waals surface area contributed by atoms with E-state index in [1.54, 1.807) is 0 Å². The number of nitrogens with one attached hydrogen (secondary N) is 5. The Morgan fingerprint density at radius 1 is 0.704 bits per heavy atom. The van der Waals surface area contributed by atoms with Crippen LogP contribution in [0.15, 0.2) is 90.5 Å². The quantitative estimate of drug-likeness (QED) is 0.0710. The summed E-state index contributed by atoms with van der Waals surface area (Å²) in [7, 11) is -18.8. The summed E-state index contributed by atoms with van der Waals surface area (Å²) in [4.78, 5) is 8.45. The second-order valence-electron chi connectivity index (χ2n) is 11.0. The predicted molar refractivity (Wildman–Crippen MR) is 184 cm³/mol. The first-order valence-electron chi connectivity index (χ1n) is 14.4. The molecule has 11 N–H and O–H groups in total. The first-order chi connectivity index (χ1) is 25.0. The first kappa shape index (κ1) is 40.3. The van der Waals surface area contributed by atoms with Crippen LogP contribution in [0.5, 0.6) is 5.75 Å². The number of benzene rings is 4. The molecule has 54 heavy (non-hydrogen) atoms. The molecule has 0 aliphatic carbocycles. The highest BCUT2D eigenvalue weighted by atomic mass is 32.2. The molecule has 0 bridgehead atoms. The molecule has 5 rings (SSSR count). The monoisotopic (exact) mass is 833 g/mol. The van der Waals surface area contributed by atoms with E-state index in [9.17, 15) is 66.9 Å². The number of carboxylic acids is 1. The summed E-state index contributed by atoms with van der Waals surface area (Å²) in [5, 5.41) is 41.4. The Morgan fingerprint density at radius 3 is 1.83 bits per heavy atom. The molecule has 23 nitrogen and oxygen atoms in total. The van der Waals surface area contributed by atoms with Crippen molar-refractivity contribution in [1.29, 1.82) is 0 Å². The number of carbonyl (C=O) groups is 1. The molecular formula is C27H27N7O16S4. The van der Waals surface area contributed by atoms with Crippen molar-refractivity contribution in [1.82, 2.24) is 16.0 Å². The predicted octanol–water partition coefficient (Wildman–Crippen LogP) is 1.45. The smallest absolute Gasteiger partial charge is 0.337 e. The van der Waals surface area contributed by atoms with Crippen molar-refractivity contribution in [3.05, 3.63) is 66.2 Å². The number of phenolic OH excluding ortho intramolecular Hbond substituents is 1. The van der Waals surface area contributed by atoms with Crippen LogP contribution in [0, 0.1) is 0 Å². The highest BCUT2D eigenvalue weighted by molar-refractivity contribution is 7.86. The van der Waals surface area contributed by atoms with Gasteiger partial charge in [0.15, 0.2) is 12.1 Å². The van der Waals surface area contributed by atoms with E-state index in [4.69, 9.17) is 4.74 Å². The van der Waals surface area contributed by atoms with Crippen LogP contribution in [0.2, 0.25) is 0 Å². The largest absolute Gasteiger partial charge is 0.505 e. The number of nitrogens with zero attached hydrogens (tertiary/aromatic N) is 2. The van der Waals surface area contributed by atoms with Crippen LogP contribution in [0.1, 0.15) is 10.4 Å². The molecule has 1 fully saturated rings. The molecule has 3 atom stereocenters. The number of anilines is 2. The Labute approximate surface area is 305 Å². The third-order valence-electron chi connectivity index (χ3n) is 7.42. The van der Waals surface area contributed by atoms with E-state index in [0.29, 0.717) is 6.07 Å². The molecule has 0 amide bonds. The number of hydrogen-bond acceptors (Lipinski definition) is 18. The molecular weight excluding hydrogens is 807 g/mol. The summed E-state index contributed by atoms with van der Waals surface area (Å²) in [5.74, 6) is -2.58. The van der Waals surface area contributed by atoms with Gasteiger partial charge in [0.05, 0.1) is 21.0 Å². The molecule has 4 aromatic carbocycles. The van der Waals surface area contributed by atoms with Gasteiger partial charge in [0.2, 0.25) is 0 Å². The fourth-order valence-corrected chi connectivity index (χ4v) is 7.43. The van der Waals surface area contributed by atoms with Crippen LogP contribution in [-0.4, -0.2) is 94.1 Å². The second kappa shape index (κ2) is 14.7. The summed E-state index contributed by atoms with van der Waals surface area (Å²) in [6.07, 6.45) is -3.69. The van der Waals surface area contributed by atoms with Crippen molar-refractivity contribution >= 4 is 80.0 Å². The van der Waals surface area contributed by atoms with Gasteiger partial charge in [-0.3, -0.25) is 23.5 Å². The van der Waals surface area contributed by atoms with Gasteiger partial charge in [0.1, 0.15) is 33.7 Å². The zero-order valence-electron chi connectivity index (χ0n) is 26.8. The van der Waals surface area contributed by atoms with Gasteiger partial charge in [-0.2, -0.15) is 33.7 Å². The van der Waals surface area contributed by atoms with Gasteiger partial charge in [0.25, 0.3) is 40.5 Å².